The minimum atomic E-state index is -0.252. The van der Waals surface area contributed by atoms with Gasteiger partial charge in [-0.3, -0.25) is 18.6 Å². The molecule has 3 aromatic heterocycles. The lowest BCUT2D eigenvalue weighted by Gasteiger charge is -2.40. The lowest BCUT2D eigenvalue weighted by Crippen LogP contribution is -2.46. The van der Waals surface area contributed by atoms with Gasteiger partial charge in [0, 0.05) is 49.7 Å². The summed E-state index contributed by atoms with van der Waals surface area (Å²) >= 11 is 0. The highest BCUT2D eigenvalue weighted by atomic mass is 35.5. The Hall–Kier alpha value is -2.91. The number of fused-ring (bicyclic) bond motifs is 1. The number of benzene rings is 1. The molecule has 8 nitrogen and oxygen atoms in total. The summed E-state index contributed by atoms with van der Waals surface area (Å²) in [6.45, 7) is 6.28. The first-order chi connectivity index (χ1) is 18.6. The van der Waals surface area contributed by atoms with Crippen molar-refractivity contribution in [3.63, 3.8) is 0 Å². The molecular formula is C30H37Cl3N6O2. The Morgan fingerprint density at radius 2 is 1.61 bits per heavy atom. The van der Waals surface area contributed by atoms with Crippen LogP contribution in [0, 0.1) is 6.92 Å². The smallest absolute Gasteiger partial charge is 0.266 e. The summed E-state index contributed by atoms with van der Waals surface area (Å²) in [5.74, 6) is 0.974. The molecular weight excluding hydrogens is 583 g/mol. The highest BCUT2D eigenvalue weighted by Crippen LogP contribution is 2.24. The maximum absolute atomic E-state index is 13.4. The molecule has 0 N–H and O–H groups in total. The molecule has 2 fully saturated rings. The number of imidazole rings is 1. The summed E-state index contributed by atoms with van der Waals surface area (Å²) in [6.07, 6.45) is 11.7. The molecule has 0 aliphatic carbocycles. The molecule has 4 aromatic rings. The highest BCUT2D eigenvalue weighted by Gasteiger charge is 2.26. The zero-order valence-electron chi connectivity index (χ0n) is 23.1. The average Bonchev–Trinajstić information content (AvgIpc) is 3.40. The molecule has 2 saturated heterocycles. The first-order valence-electron chi connectivity index (χ1n) is 13.7. The third-order valence-corrected chi connectivity index (χ3v) is 8.11. The second-order valence-electron chi connectivity index (χ2n) is 10.5. The number of piperidine rings is 2. The topological polar surface area (TPSA) is 75.7 Å². The van der Waals surface area contributed by atoms with Crippen LogP contribution in [0.2, 0.25) is 0 Å². The molecule has 0 atom stereocenters. The maximum Gasteiger partial charge on any atom is 0.266 e. The molecule has 11 heteroatoms. The van der Waals surface area contributed by atoms with Gasteiger partial charge < -0.3 is 9.80 Å². The van der Waals surface area contributed by atoms with Gasteiger partial charge in [-0.2, -0.15) is 0 Å². The Labute approximate surface area is 259 Å². The van der Waals surface area contributed by atoms with E-state index in [1.54, 1.807) is 18.6 Å². The minimum Gasteiger partial charge on any atom is -0.357 e. The summed E-state index contributed by atoms with van der Waals surface area (Å²) in [5.41, 5.74) is 2.63. The molecule has 0 radical (unpaired) electrons. The molecule has 0 unspecified atom stereocenters. The van der Waals surface area contributed by atoms with Crippen molar-refractivity contribution in [2.75, 3.05) is 31.1 Å². The lowest BCUT2D eigenvalue weighted by molar-refractivity contribution is 0.0963. The van der Waals surface area contributed by atoms with E-state index in [1.807, 2.05) is 49.4 Å². The average molecular weight is 620 g/mol. The normalized spacial score (nSPS) is 16.0. The van der Waals surface area contributed by atoms with Crippen LogP contribution >= 0.6 is 37.2 Å². The number of carbonyl (C=O) groups excluding carboxylic acids is 1. The monoisotopic (exact) mass is 618 g/mol. The van der Waals surface area contributed by atoms with E-state index < -0.39 is 0 Å². The Morgan fingerprint density at radius 1 is 0.902 bits per heavy atom. The van der Waals surface area contributed by atoms with Gasteiger partial charge in [-0.05, 0) is 63.4 Å². The van der Waals surface area contributed by atoms with Crippen molar-refractivity contribution in [2.45, 2.75) is 51.5 Å². The zero-order chi connectivity index (χ0) is 26.1. The Balaban J connectivity index is 0.00000154. The maximum atomic E-state index is 13.4. The molecule has 220 valence electrons. The third-order valence-electron chi connectivity index (χ3n) is 8.11. The molecule has 41 heavy (non-hydrogen) atoms. The van der Waals surface area contributed by atoms with Gasteiger partial charge in [0.05, 0.1) is 11.3 Å². The van der Waals surface area contributed by atoms with Crippen LogP contribution in [-0.4, -0.2) is 62.0 Å². The SMILES string of the molecule is Cc1nc2n(C(=O)c3ccc(N4CCC(N5CCCCC5)CC4)nc3)ccn2c(=O)c1Cc1ccccc1.Cl.Cl.Cl. The fourth-order valence-electron chi connectivity index (χ4n) is 5.91. The summed E-state index contributed by atoms with van der Waals surface area (Å²) in [4.78, 5) is 40.9. The predicted molar refractivity (Wildman–Crippen MR) is 170 cm³/mol. The van der Waals surface area contributed by atoms with Gasteiger partial charge in [0.15, 0.2) is 0 Å². The van der Waals surface area contributed by atoms with Crippen LogP contribution < -0.4 is 10.5 Å². The number of halogens is 3. The Bertz CT molecular complexity index is 1490. The molecule has 1 aromatic carbocycles. The van der Waals surface area contributed by atoms with Crippen molar-refractivity contribution in [3.8, 4) is 0 Å². The lowest BCUT2D eigenvalue weighted by atomic mass is 10.00. The van der Waals surface area contributed by atoms with Crippen LogP contribution in [0.25, 0.3) is 5.78 Å². The molecule has 0 bridgehead atoms. The first-order valence-corrected chi connectivity index (χ1v) is 13.7. The number of pyridine rings is 1. The van der Waals surface area contributed by atoms with Gasteiger partial charge in [0.2, 0.25) is 5.78 Å². The van der Waals surface area contributed by atoms with Crippen LogP contribution in [0.4, 0.5) is 5.82 Å². The third kappa shape index (κ3) is 6.78. The number of hydrogen-bond acceptors (Lipinski definition) is 6. The van der Waals surface area contributed by atoms with Crippen molar-refractivity contribution in [2.24, 2.45) is 0 Å². The quantitative estimate of drug-likeness (QED) is 0.306. The molecule has 6 rings (SSSR count). The van der Waals surface area contributed by atoms with Crippen LogP contribution in [0.15, 0.2) is 65.8 Å². The second kappa shape index (κ2) is 14.3. The van der Waals surface area contributed by atoms with E-state index in [4.69, 9.17) is 0 Å². The van der Waals surface area contributed by atoms with E-state index in [9.17, 15) is 9.59 Å². The number of anilines is 1. The summed E-state index contributed by atoms with van der Waals surface area (Å²) in [5, 5.41) is 0. The molecule has 2 aliphatic rings. The number of carbonyl (C=O) groups is 1. The van der Waals surface area contributed by atoms with E-state index in [0.717, 1.165) is 37.3 Å². The van der Waals surface area contributed by atoms with Crippen molar-refractivity contribution >= 4 is 54.7 Å². The first kappa shape index (κ1) is 32.6. The zero-order valence-corrected chi connectivity index (χ0v) is 25.6. The number of hydrogen-bond donors (Lipinski definition) is 0. The van der Waals surface area contributed by atoms with Crippen molar-refractivity contribution in [1.82, 2.24) is 23.8 Å². The Morgan fingerprint density at radius 3 is 2.27 bits per heavy atom. The van der Waals surface area contributed by atoms with Crippen LogP contribution in [0.5, 0.6) is 0 Å². The standard InChI is InChI=1S/C30H34N6O2.3ClH/c1-22-26(20-23-8-4-2-5-9-23)29(38)36-19-18-35(30(36)32-22)28(37)24-10-11-27(31-21-24)34-16-12-25(13-17-34)33-14-6-3-7-15-33;;;/h2,4-5,8-11,18-19,21,25H,3,6-7,12-17,20H2,1H3;3*1H. The van der Waals surface area contributed by atoms with Crippen molar-refractivity contribution in [1.29, 1.82) is 0 Å². The Kier molecular flexibility index (Phi) is 11.4. The van der Waals surface area contributed by atoms with Gasteiger partial charge in [0.1, 0.15) is 5.82 Å². The summed E-state index contributed by atoms with van der Waals surface area (Å²) in [7, 11) is 0. The van der Waals surface area contributed by atoms with E-state index in [1.165, 1.54) is 41.3 Å². The van der Waals surface area contributed by atoms with Crippen LogP contribution in [-0.2, 0) is 6.42 Å². The van der Waals surface area contributed by atoms with Gasteiger partial charge in [-0.1, -0.05) is 36.8 Å². The molecule has 5 heterocycles. The van der Waals surface area contributed by atoms with Crippen LogP contribution in [0.1, 0.15) is 59.3 Å². The van der Waals surface area contributed by atoms with Crippen molar-refractivity contribution < 1.29 is 4.79 Å². The number of aromatic nitrogens is 4. The second-order valence-corrected chi connectivity index (χ2v) is 10.5. The van der Waals surface area contributed by atoms with E-state index >= 15 is 0 Å². The van der Waals surface area contributed by atoms with Crippen molar-refractivity contribution in [3.05, 3.63) is 93.8 Å². The minimum absolute atomic E-state index is 0. The molecule has 0 amide bonds. The van der Waals surface area contributed by atoms with E-state index in [2.05, 4.69) is 19.8 Å². The van der Waals surface area contributed by atoms with Gasteiger partial charge in [-0.15, -0.1) is 37.2 Å². The summed E-state index contributed by atoms with van der Waals surface area (Å²) in [6, 6.07) is 14.3. The molecule has 0 saturated carbocycles. The number of likely N-dealkylation sites (tertiary alicyclic amines) is 1. The van der Waals surface area contributed by atoms with E-state index in [-0.39, 0.29) is 48.7 Å². The number of rotatable bonds is 5. The fraction of sp³-hybridized carbons (Fsp3) is 0.400. The van der Waals surface area contributed by atoms with E-state index in [0.29, 0.717) is 35.1 Å². The van der Waals surface area contributed by atoms with Gasteiger partial charge in [-0.25, -0.2) is 9.97 Å². The summed E-state index contributed by atoms with van der Waals surface area (Å²) < 4.78 is 2.89. The van der Waals surface area contributed by atoms with Gasteiger partial charge >= 0.3 is 0 Å². The molecule has 2 aliphatic heterocycles. The number of nitrogens with zero attached hydrogens (tertiary/aromatic N) is 6. The van der Waals surface area contributed by atoms with Crippen LogP contribution in [0.3, 0.4) is 0 Å². The predicted octanol–water partition coefficient (Wildman–Crippen LogP) is 5.20. The molecule has 0 spiro atoms. The fourth-order valence-corrected chi connectivity index (χ4v) is 5.91. The highest BCUT2D eigenvalue weighted by molar-refractivity contribution is 5.97. The number of aryl methyl sites for hydroxylation is 1. The largest absolute Gasteiger partial charge is 0.357 e. The van der Waals surface area contributed by atoms with Gasteiger partial charge in [0.25, 0.3) is 11.5 Å².